The molecule has 0 radical (unpaired) electrons. The molecule has 0 fully saturated rings. The van der Waals surface area contributed by atoms with Crippen molar-refractivity contribution in [2.45, 2.75) is 90.4 Å². The van der Waals surface area contributed by atoms with Crippen molar-refractivity contribution in [2.75, 3.05) is 0 Å². The van der Waals surface area contributed by atoms with Gasteiger partial charge in [-0.2, -0.15) is 0 Å². The van der Waals surface area contributed by atoms with E-state index in [0.717, 1.165) is 5.54 Å². The van der Waals surface area contributed by atoms with Crippen LogP contribution in [0.25, 0.3) is 0 Å². The van der Waals surface area contributed by atoms with Gasteiger partial charge in [0.2, 0.25) is 0 Å². The van der Waals surface area contributed by atoms with Gasteiger partial charge >= 0.3 is 0 Å². The molecule has 0 aromatic heterocycles. The first-order chi connectivity index (χ1) is 7.16. The maximum atomic E-state index is 2.54. The third-order valence-corrected chi connectivity index (χ3v) is 11.3. The minimum atomic E-state index is -0.881. The van der Waals surface area contributed by atoms with Gasteiger partial charge in [-0.25, -0.2) is 0 Å². The van der Waals surface area contributed by atoms with E-state index in [1.165, 1.54) is 50.2 Å². The summed E-state index contributed by atoms with van der Waals surface area (Å²) in [6.07, 6.45) is 7.24. The highest BCUT2D eigenvalue weighted by molar-refractivity contribution is 6.80. The number of hydrogen-bond donors (Lipinski definition) is 0. The van der Waals surface area contributed by atoms with E-state index in [2.05, 4.69) is 34.6 Å². The molecule has 0 aliphatic heterocycles. The lowest BCUT2D eigenvalue weighted by Gasteiger charge is -2.35. The molecule has 0 rings (SSSR count). The van der Waals surface area contributed by atoms with Crippen molar-refractivity contribution < 1.29 is 0 Å². The van der Waals surface area contributed by atoms with Crippen LogP contribution in [0.5, 0.6) is 0 Å². The first kappa shape index (κ1) is 15.2. The normalized spacial score (nSPS) is 14.2. The molecule has 0 aliphatic carbocycles. The van der Waals surface area contributed by atoms with E-state index in [9.17, 15) is 0 Å². The van der Waals surface area contributed by atoms with Gasteiger partial charge in [-0.3, -0.25) is 0 Å². The topological polar surface area (TPSA) is 0 Å². The molecular formula is C14H32Si. The monoisotopic (exact) mass is 228 g/mol. The van der Waals surface area contributed by atoms with E-state index in [4.69, 9.17) is 0 Å². The molecule has 0 aromatic rings. The van der Waals surface area contributed by atoms with Gasteiger partial charge in [0.25, 0.3) is 0 Å². The molecule has 0 aromatic carbocycles. The Kier molecular flexibility index (Phi) is 8.50. The second-order valence-electron chi connectivity index (χ2n) is 5.17. The summed E-state index contributed by atoms with van der Waals surface area (Å²) in [5.41, 5.74) is 1.05. The quantitative estimate of drug-likeness (QED) is 0.343. The lowest BCUT2D eigenvalue weighted by atomic mass is 10.1. The van der Waals surface area contributed by atoms with E-state index >= 15 is 0 Å². The zero-order valence-electron chi connectivity index (χ0n) is 11.7. The molecule has 0 N–H and O–H groups in total. The van der Waals surface area contributed by atoms with E-state index in [1.807, 2.05) is 0 Å². The first-order valence-electron chi connectivity index (χ1n) is 7.16. The van der Waals surface area contributed by atoms with Gasteiger partial charge in [0.05, 0.1) is 8.07 Å². The summed E-state index contributed by atoms with van der Waals surface area (Å²) >= 11 is 0. The molecule has 0 nitrogen and oxygen atoms in total. The molecule has 1 atom stereocenters. The van der Waals surface area contributed by atoms with Gasteiger partial charge in [0.15, 0.2) is 0 Å². The summed E-state index contributed by atoms with van der Waals surface area (Å²) in [5.74, 6) is 0. The highest BCUT2D eigenvalue weighted by Gasteiger charge is 2.32. The summed E-state index contributed by atoms with van der Waals surface area (Å²) in [7, 11) is -0.881. The van der Waals surface area contributed by atoms with Crippen LogP contribution >= 0.6 is 0 Å². The van der Waals surface area contributed by atoms with Crippen molar-refractivity contribution in [3.8, 4) is 0 Å². The van der Waals surface area contributed by atoms with E-state index < -0.39 is 8.07 Å². The van der Waals surface area contributed by atoms with E-state index in [1.54, 1.807) is 0 Å². The minimum Gasteiger partial charge on any atom is -0.0678 e. The third-order valence-electron chi connectivity index (χ3n) is 4.65. The van der Waals surface area contributed by atoms with Gasteiger partial charge in [0, 0.05) is 0 Å². The third kappa shape index (κ3) is 4.71. The molecule has 1 heteroatoms. The first-order valence-corrected chi connectivity index (χ1v) is 9.86. The van der Waals surface area contributed by atoms with Crippen LogP contribution in [0.2, 0.25) is 23.7 Å². The zero-order chi connectivity index (χ0) is 11.7. The van der Waals surface area contributed by atoms with E-state index in [0.29, 0.717) is 0 Å². The lowest BCUT2D eigenvalue weighted by Crippen LogP contribution is -2.36. The molecule has 0 heterocycles. The average molecular weight is 228 g/mol. The van der Waals surface area contributed by atoms with Gasteiger partial charge < -0.3 is 0 Å². The molecule has 0 spiro atoms. The molecule has 1 unspecified atom stereocenters. The number of rotatable bonds is 9. The predicted molar refractivity (Wildman–Crippen MR) is 75.4 cm³/mol. The molecule has 0 saturated heterocycles. The van der Waals surface area contributed by atoms with Crippen molar-refractivity contribution in [3.63, 3.8) is 0 Å². The second kappa shape index (κ2) is 8.38. The highest BCUT2D eigenvalue weighted by Crippen LogP contribution is 2.36. The van der Waals surface area contributed by atoms with Gasteiger partial charge in [-0.15, -0.1) is 0 Å². The Balaban J connectivity index is 3.97. The van der Waals surface area contributed by atoms with Gasteiger partial charge in [-0.05, 0) is 5.54 Å². The summed E-state index contributed by atoms with van der Waals surface area (Å²) < 4.78 is 0. The second-order valence-corrected chi connectivity index (χ2v) is 11.0. The molecule has 92 valence electrons. The molecule has 0 bridgehead atoms. The van der Waals surface area contributed by atoms with Crippen molar-refractivity contribution in [2.24, 2.45) is 0 Å². The predicted octanol–water partition coefficient (Wildman–Crippen LogP) is 5.86. The maximum absolute atomic E-state index is 2.54. The smallest absolute Gasteiger partial charge is 0.0556 e. The summed E-state index contributed by atoms with van der Waals surface area (Å²) in [5, 5.41) is 0. The SMILES string of the molecule is CCCCCCC(C)[Si](CC)(CC)CC. The van der Waals surface area contributed by atoms with Crippen molar-refractivity contribution in [1.29, 1.82) is 0 Å². The van der Waals surface area contributed by atoms with Gasteiger partial charge in [0.1, 0.15) is 0 Å². The van der Waals surface area contributed by atoms with Crippen molar-refractivity contribution in [3.05, 3.63) is 0 Å². The fourth-order valence-corrected chi connectivity index (χ4v) is 7.39. The molecule has 15 heavy (non-hydrogen) atoms. The Labute approximate surface area is 98.9 Å². The maximum Gasteiger partial charge on any atom is 0.0556 e. The molecule has 0 amide bonds. The van der Waals surface area contributed by atoms with E-state index in [-0.39, 0.29) is 0 Å². The highest BCUT2D eigenvalue weighted by atomic mass is 28.3. The summed E-state index contributed by atoms with van der Waals surface area (Å²) in [6.45, 7) is 12.1. The Morgan fingerprint density at radius 1 is 0.800 bits per heavy atom. The summed E-state index contributed by atoms with van der Waals surface area (Å²) in [4.78, 5) is 0. The largest absolute Gasteiger partial charge is 0.0678 e. The van der Waals surface area contributed by atoms with Crippen molar-refractivity contribution in [1.82, 2.24) is 0 Å². The van der Waals surface area contributed by atoms with Crippen molar-refractivity contribution >= 4 is 8.07 Å². The van der Waals surface area contributed by atoms with Crippen LogP contribution in [0.15, 0.2) is 0 Å². The van der Waals surface area contributed by atoms with Crippen LogP contribution in [-0.4, -0.2) is 8.07 Å². The zero-order valence-corrected chi connectivity index (χ0v) is 12.7. The fourth-order valence-electron chi connectivity index (χ4n) is 2.98. The van der Waals surface area contributed by atoms with Gasteiger partial charge in [-0.1, -0.05) is 84.9 Å². The van der Waals surface area contributed by atoms with Crippen LogP contribution in [0, 0.1) is 0 Å². The Morgan fingerprint density at radius 3 is 1.73 bits per heavy atom. The van der Waals surface area contributed by atoms with Crippen LogP contribution in [-0.2, 0) is 0 Å². The molecule has 0 aliphatic rings. The molecule has 0 saturated carbocycles. The number of unbranched alkanes of at least 4 members (excludes halogenated alkanes) is 3. The summed E-state index contributed by atoms with van der Waals surface area (Å²) in [6, 6.07) is 4.48. The standard InChI is InChI=1S/C14H32Si/c1-6-10-11-12-13-14(5)15(7-2,8-3)9-4/h14H,6-13H2,1-5H3. The fraction of sp³-hybridized carbons (Fsp3) is 1.00. The average Bonchev–Trinajstić information content (AvgIpc) is 2.28. The Hall–Kier alpha value is 0.217. The molecular weight excluding hydrogens is 196 g/mol. The Bertz CT molecular complexity index is 130. The lowest BCUT2D eigenvalue weighted by molar-refractivity contribution is 0.612. The van der Waals surface area contributed by atoms with Crippen LogP contribution in [0.1, 0.15) is 66.7 Å². The van der Waals surface area contributed by atoms with Crippen LogP contribution in [0.4, 0.5) is 0 Å². The van der Waals surface area contributed by atoms with Crippen LogP contribution in [0.3, 0.4) is 0 Å². The minimum absolute atomic E-state index is 0.881. The van der Waals surface area contributed by atoms with Crippen LogP contribution < -0.4 is 0 Å². The number of hydrogen-bond acceptors (Lipinski definition) is 0. The Morgan fingerprint density at radius 2 is 1.33 bits per heavy atom.